The zero-order valence-electron chi connectivity index (χ0n) is 19.1. The molecule has 35 heavy (non-hydrogen) atoms. The normalized spacial score (nSPS) is 11.6. The molecule has 174 valence electrons. The number of nitrogens with zero attached hydrogens (tertiary/aromatic N) is 2. The number of aliphatic imine (C=N–C) groups is 1. The van der Waals surface area contributed by atoms with Crippen molar-refractivity contribution >= 4 is 28.4 Å². The van der Waals surface area contributed by atoms with E-state index >= 15 is 0 Å². The van der Waals surface area contributed by atoms with Gasteiger partial charge >= 0.3 is 0 Å². The third-order valence-electron chi connectivity index (χ3n) is 5.89. The average Bonchev–Trinajstić information content (AvgIpc) is 3.48. The fraction of sp³-hybridized carbons (Fsp3) is 0.107. The van der Waals surface area contributed by atoms with Crippen molar-refractivity contribution in [2.75, 3.05) is 0 Å². The maximum Gasteiger partial charge on any atom is 0.278 e. The minimum absolute atomic E-state index is 0.0481. The van der Waals surface area contributed by atoms with E-state index in [2.05, 4.69) is 4.99 Å². The number of aryl methyl sites for hydroxylation is 2. The Morgan fingerprint density at radius 2 is 1.49 bits per heavy atom. The number of benzene rings is 3. The predicted molar refractivity (Wildman–Crippen MR) is 134 cm³/mol. The summed E-state index contributed by atoms with van der Waals surface area (Å²) in [5.74, 6) is 2.94. The number of nitro groups is 1. The molecule has 2 heterocycles. The van der Waals surface area contributed by atoms with Crippen molar-refractivity contribution in [3.8, 4) is 5.75 Å². The zero-order chi connectivity index (χ0) is 24.5. The summed E-state index contributed by atoms with van der Waals surface area (Å²) in [6, 6.07) is 23.3. The van der Waals surface area contributed by atoms with Gasteiger partial charge in [0, 0.05) is 23.2 Å². The van der Waals surface area contributed by atoms with Gasteiger partial charge in [0.1, 0.15) is 34.7 Å². The second kappa shape index (κ2) is 8.95. The first-order valence-electron chi connectivity index (χ1n) is 11.1. The van der Waals surface area contributed by atoms with Crippen molar-refractivity contribution in [2.24, 2.45) is 4.99 Å². The van der Waals surface area contributed by atoms with Crippen LogP contribution in [0.2, 0.25) is 0 Å². The van der Waals surface area contributed by atoms with Gasteiger partial charge in [0.2, 0.25) is 0 Å². The van der Waals surface area contributed by atoms with Crippen LogP contribution in [0.3, 0.4) is 0 Å². The van der Waals surface area contributed by atoms with Crippen molar-refractivity contribution in [1.29, 1.82) is 0 Å². The van der Waals surface area contributed by atoms with Crippen LogP contribution in [0.15, 0.2) is 92.7 Å². The fourth-order valence-electron chi connectivity index (χ4n) is 4.19. The number of phenols is 1. The molecule has 0 spiro atoms. The lowest BCUT2D eigenvalue weighted by Gasteiger charge is -2.13. The van der Waals surface area contributed by atoms with Gasteiger partial charge in [-0.3, -0.25) is 15.1 Å². The zero-order valence-corrected chi connectivity index (χ0v) is 19.1. The van der Waals surface area contributed by atoms with Crippen LogP contribution >= 0.6 is 0 Å². The van der Waals surface area contributed by atoms with E-state index in [9.17, 15) is 15.2 Å². The second-order valence-electron chi connectivity index (χ2n) is 8.32. The Morgan fingerprint density at radius 3 is 2.03 bits per heavy atom. The number of hydrogen-bond acceptors (Lipinski definition) is 6. The molecule has 0 saturated carbocycles. The van der Waals surface area contributed by atoms with Crippen molar-refractivity contribution in [3.05, 3.63) is 123 Å². The fourth-order valence-corrected chi connectivity index (χ4v) is 4.19. The molecule has 3 aromatic carbocycles. The van der Waals surface area contributed by atoms with Crippen LogP contribution < -0.4 is 0 Å². The quantitative estimate of drug-likeness (QED) is 0.162. The highest BCUT2D eigenvalue weighted by Gasteiger charge is 2.23. The Bertz CT molecular complexity index is 1520. The lowest BCUT2D eigenvalue weighted by molar-refractivity contribution is -0.383. The summed E-state index contributed by atoms with van der Waals surface area (Å²) in [4.78, 5) is 15.5. The smallest absolute Gasteiger partial charge is 0.278 e. The molecule has 0 aliphatic rings. The van der Waals surface area contributed by atoms with Gasteiger partial charge in [-0.25, -0.2) is 0 Å². The van der Waals surface area contributed by atoms with Crippen LogP contribution in [0.1, 0.15) is 40.1 Å². The van der Waals surface area contributed by atoms with E-state index in [4.69, 9.17) is 8.83 Å². The number of hydrogen-bond donors (Lipinski definition) is 1. The number of rotatable bonds is 6. The molecule has 5 aromatic rings. The van der Waals surface area contributed by atoms with Gasteiger partial charge in [-0.1, -0.05) is 30.3 Å². The summed E-state index contributed by atoms with van der Waals surface area (Å²) in [5, 5.41) is 23.0. The van der Waals surface area contributed by atoms with Crippen LogP contribution in [0.5, 0.6) is 5.75 Å². The average molecular weight is 466 g/mol. The molecular weight excluding hydrogens is 444 g/mol. The minimum Gasteiger partial charge on any atom is -0.507 e. The summed E-state index contributed by atoms with van der Waals surface area (Å²) in [5.41, 5.74) is 1.79. The van der Waals surface area contributed by atoms with Gasteiger partial charge < -0.3 is 13.9 Å². The predicted octanol–water partition coefficient (Wildman–Crippen LogP) is 7.19. The molecule has 7 nitrogen and oxygen atoms in total. The summed E-state index contributed by atoms with van der Waals surface area (Å²) >= 11 is 0. The van der Waals surface area contributed by atoms with E-state index < -0.39 is 4.92 Å². The summed E-state index contributed by atoms with van der Waals surface area (Å²) in [6.07, 6.45) is 1.44. The van der Waals surface area contributed by atoms with Crippen LogP contribution in [-0.2, 0) is 0 Å². The van der Waals surface area contributed by atoms with Crippen molar-refractivity contribution in [1.82, 2.24) is 0 Å². The summed E-state index contributed by atoms with van der Waals surface area (Å²) in [6.45, 7) is 3.80. The molecule has 2 aromatic heterocycles. The molecule has 0 aliphatic heterocycles. The second-order valence-corrected chi connectivity index (χ2v) is 8.32. The first kappa shape index (κ1) is 22.2. The molecule has 0 radical (unpaired) electrons. The number of phenolic OH excluding ortho intramolecular Hbond substituents is 1. The molecule has 0 fully saturated rings. The molecule has 0 unspecified atom stereocenters. The van der Waals surface area contributed by atoms with E-state index in [1.54, 1.807) is 24.3 Å². The summed E-state index contributed by atoms with van der Waals surface area (Å²) < 4.78 is 11.8. The minimum atomic E-state index is -0.458. The Kier molecular flexibility index (Phi) is 5.66. The van der Waals surface area contributed by atoms with E-state index in [-0.39, 0.29) is 22.9 Å². The highest BCUT2D eigenvalue weighted by Crippen LogP contribution is 2.36. The van der Waals surface area contributed by atoms with Gasteiger partial charge in [-0.15, -0.1) is 0 Å². The number of non-ortho nitro benzene ring substituents is 1. The third-order valence-corrected chi connectivity index (χ3v) is 5.89. The van der Waals surface area contributed by atoms with Gasteiger partial charge in [-0.05, 0) is 61.9 Å². The number of fused-ring (bicyclic) bond motifs is 1. The van der Waals surface area contributed by atoms with Gasteiger partial charge in [0.15, 0.2) is 0 Å². The lowest BCUT2D eigenvalue weighted by Crippen LogP contribution is -2.00. The standard InChI is InChI=1S/C28H22N2O5/c1-17-7-13-25(34-17)27(26-14-8-18(2)35-26)19-9-11-21(12-10-19)29-16-20-15-24(30(32)33)22-5-3-4-6-23(22)28(20)31/h3-16,27,31H,1-2H3. The number of furan rings is 2. The Morgan fingerprint density at radius 1 is 0.886 bits per heavy atom. The van der Waals surface area contributed by atoms with Gasteiger partial charge in [0.25, 0.3) is 5.69 Å². The van der Waals surface area contributed by atoms with E-state index in [1.807, 2.05) is 62.4 Å². The lowest BCUT2D eigenvalue weighted by atomic mass is 9.94. The molecule has 0 aliphatic carbocycles. The Balaban J connectivity index is 1.48. The summed E-state index contributed by atoms with van der Waals surface area (Å²) in [7, 11) is 0. The van der Waals surface area contributed by atoms with E-state index in [0.29, 0.717) is 16.5 Å². The number of nitro benzene ring substituents is 1. The first-order chi connectivity index (χ1) is 16.9. The van der Waals surface area contributed by atoms with Crippen molar-refractivity contribution in [2.45, 2.75) is 19.8 Å². The molecular formula is C28H22N2O5. The molecule has 1 N–H and O–H groups in total. The monoisotopic (exact) mass is 466 g/mol. The van der Waals surface area contributed by atoms with Crippen molar-refractivity contribution in [3.63, 3.8) is 0 Å². The molecule has 0 amide bonds. The topological polar surface area (TPSA) is 102 Å². The van der Waals surface area contributed by atoms with Crippen LogP contribution in [0, 0.1) is 24.0 Å². The highest BCUT2D eigenvalue weighted by atomic mass is 16.6. The van der Waals surface area contributed by atoms with Crippen LogP contribution in [-0.4, -0.2) is 16.2 Å². The maximum atomic E-state index is 11.6. The molecule has 0 bridgehead atoms. The Labute approximate surface area is 201 Å². The van der Waals surface area contributed by atoms with Crippen molar-refractivity contribution < 1.29 is 18.9 Å². The molecule has 0 saturated heterocycles. The highest BCUT2D eigenvalue weighted by molar-refractivity contribution is 6.02. The van der Waals surface area contributed by atoms with Gasteiger partial charge in [-0.2, -0.15) is 0 Å². The largest absolute Gasteiger partial charge is 0.507 e. The van der Waals surface area contributed by atoms with Crippen LogP contribution in [0.25, 0.3) is 10.8 Å². The maximum absolute atomic E-state index is 11.6. The number of aromatic hydroxyl groups is 1. The van der Waals surface area contributed by atoms with Gasteiger partial charge in [0.05, 0.1) is 16.0 Å². The first-order valence-corrected chi connectivity index (χ1v) is 11.1. The van der Waals surface area contributed by atoms with E-state index in [0.717, 1.165) is 28.6 Å². The SMILES string of the molecule is Cc1ccc(C(c2ccc(N=Cc3cc([N+](=O)[O-])c4ccccc4c3O)cc2)c2ccc(C)o2)o1. The van der Waals surface area contributed by atoms with E-state index in [1.165, 1.54) is 12.3 Å². The third kappa shape index (κ3) is 4.31. The molecule has 5 rings (SSSR count). The molecule has 0 atom stereocenters. The Hall–Kier alpha value is -4.65. The van der Waals surface area contributed by atoms with Crippen LogP contribution in [0.4, 0.5) is 11.4 Å². The molecule has 7 heteroatoms.